The number of nitrogens with zero attached hydrogens (tertiary/aromatic N) is 2. The average molecular weight is 242 g/mol. The summed E-state index contributed by atoms with van der Waals surface area (Å²) in [4.78, 5) is 0. The van der Waals surface area contributed by atoms with Crippen LogP contribution in [0.25, 0.3) is 0 Å². The minimum Gasteiger partial charge on any atom is -0.384 e. The van der Waals surface area contributed by atoms with Gasteiger partial charge in [-0.05, 0) is 29.5 Å². The summed E-state index contributed by atoms with van der Waals surface area (Å²) in [6.45, 7) is 4.38. The van der Waals surface area contributed by atoms with Crippen LogP contribution in [0.1, 0.15) is 36.6 Å². The molecule has 0 saturated heterocycles. The van der Waals surface area contributed by atoms with E-state index in [1.807, 2.05) is 12.1 Å². The third kappa shape index (κ3) is 3.14. The van der Waals surface area contributed by atoms with E-state index < -0.39 is 6.10 Å². The Bertz CT molecular complexity index is 497. The zero-order chi connectivity index (χ0) is 13.0. The number of benzene rings is 1. The highest BCUT2D eigenvalue weighted by Gasteiger charge is 2.11. The fraction of sp³-hybridized carbons (Fsp3) is 0.333. The fourth-order valence-electron chi connectivity index (χ4n) is 2.02. The molecule has 0 amide bonds. The molecule has 0 aliphatic rings. The first-order chi connectivity index (χ1) is 8.66. The van der Waals surface area contributed by atoms with Crippen molar-refractivity contribution in [3.05, 3.63) is 59.4 Å². The van der Waals surface area contributed by atoms with Gasteiger partial charge in [0, 0.05) is 11.8 Å². The summed E-state index contributed by atoms with van der Waals surface area (Å²) in [6, 6.07) is 9.87. The summed E-state index contributed by atoms with van der Waals surface area (Å²) in [5.74, 6) is 0.611. The lowest BCUT2D eigenvalue weighted by Gasteiger charge is -2.13. The molecule has 0 radical (unpaired) electrons. The maximum Gasteiger partial charge on any atom is 0.106 e. The van der Waals surface area contributed by atoms with Crippen LogP contribution in [0.5, 0.6) is 0 Å². The minimum absolute atomic E-state index is 0.611. The molecule has 1 heterocycles. The van der Waals surface area contributed by atoms with Crippen LogP contribution in [-0.2, 0) is 6.42 Å². The summed E-state index contributed by atoms with van der Waals surface area (Å²) >= 11 is 0. The Balaban J connectivity index is 2.23. The summed E-state index contributed by atoms with van der Waals surface area (Å²) in [6.07, 6.45) is 3.58. The van der Waals surface area contributed by atoms with Gasteiger partial charge in [0.05, 0.1) is 6.20 Å². The van der Waals surface area contributed by atoms with Gasteiger partial charge < -0.3 is 5.11 Å². The summed E-state index contributed by atoms with van der Waals surface area (Å²) < 4.78 is 0. The van der Waals surface area contributed by atoms with Gasteiger partial charge >= 0.3 is 0 Å². The van der Waals surface area contributed by atoms with Gasteiger partial charge in [-0.1, -0.05) is 38.1 Å². The molecule has 1 aromatic carbocycles. The molecule has 1 atom stereocenters. The second-order valence-electron chi connectivity index (χ2n) is 4.92. The van der Waals surface area contributed by atoms with Crippen molar-refractivity contribution >= 4 is 0 Å². The van der Waals surface area contributed by atoms with Crippen molar-refractivity contribution in [1.82, 2.24) is 10.2 Å². The number of aromatic nitrogens is 2. The molecule has 1 N–H and O–H groups in total. The quantitative estimate of drug-likeness (QED) is 0.896. The third-order valence-corrected chi connectivity index (χ3v) is 2.83. The van der Waals surface area contributed by atoms with Crippen LogP contribution < -0.4 is 0 Å². The van der Waals surface area contributed by atoms with Crippen molar-refractivity contribution in [1.29, 1.82) is 0 Å². The first-order valence-corrected chi connectivity index (χ1v) is 6.20. The molecule has 1 aromatic heterocycles. The number of hydrogen-bond acceptors (Lipinski definition) is 3. The molecular formula is C15H18N2O. The van der Waals surface area contributed by atoms with Crippen LogP contribution >= 0.6 is 0 Å². The van der Waals surface area contributed by atoms with Crippen molar-refractivity contribution in [3.8, 4) is 0 Å². The van der Waals surface area contributed by atoms with Gasteiger partial charge in [-0.15, -0.1) is 0 Å². The van der Waals surface area contributed by atoms with Gasteiger partial charge in [0.15, 0.2) is 0 Å². The standard InChI is InChI=1S/C15H18N2O/c1-11(2)8-12-4-3-5-13(9-12)15(18)14-6-7-16-17-10-14/h3-7,9-11,15,18H,8H2,1-2H3. The second kappa shape index (κ2) is 5.74. The SMILES string of the molecule is CC(C)Cc1cccc(C(O)c2ccnnc2)c1. The number of hydrogen-bond donors (Lipinski definition) is 1. The van der Waals surface area contributed by atoms with Crippen LogP contribution in [0.2, 0.25) is 0 Å². The van der Waals surface area contributed by atoms with Crippen LogP contribution in [0.3, 0.4) is 0 Å². The van der Waals surface area contributed by atoms with E-state index >= 15 is 0 Å². The molecule has 2 rings (SSSR count). The summed E-state index contributed by atoms with van der Waals surface area (Å²) in [7, 11) is 0. The molecule has 3 heteroatoms. The van der Waals surface area contributed by atoms with Gasteiger partial charge in [0.25, 0.3) is 0 Å². The molecule has 0 aliphatic heterocycles. The lowest BCUT2D eigenvalue weighted by atomic mass is 9.97. The first-order valence-electron chi connectivity index (χ1n) is 6.20. The second-order valence-corrected chi connectivity index (χ2v) is 4.92. The van der Waals surface area contributed by atoms with E-state index in [4.69, 9.17) is 0 Å². The Morgan fingerprint density at radius 3 is 2.61 bits per heavy atom. The third-order valence-electron chi connectivity index (χ3n) is 2.83. The molecule has 0 bridgehead atoms. The van der Waals surface area contributed by atoms with E-state index in [0.29, 0.717) is 5.92 Å². The smallest absolute Gasteiger partial charge is 0.106 e. The fourth-order valence-corrected chi connectivity index (χ4v) is 2.02. The molecule has 0 saturated carbocycles. The predicted molar refractivity (Wildman–Crippen MR) is 71.1 cm³/mol. The molecule has 0 spiro atoms. The van der Waals surface area contributed by atoms with Crippen LogP contribution in [-0.4, -0.2) is 15.3 Å². The Hall–Kier alpha value is -1.74. The zero-order valence-electron chi connectivity index (χ0n) is 10.7. The molecule has 3 nitrogen and oxygen atoms in total. The van der Waals surface area contributed by atoms with Gasteiger partial charge in [0.1, 0.15) is 6.10 Å². The van der Waals surface area contributed by atoms with E-state index in [-0.39, 0.29) is 0 Å². The largest absolute Gasteiger partial charge is 0.384 e. The molecule has 0 aliphatic carbocycles. The van der Waals surface area contributed by atoms with Crippen LogP contribution in [0, 0.1) is 5.92 Å². The summed E-state index contributed by atoms with van der Waals surface area (Å²) in [5.41, 5.74) is 2.93. The van der Waals surface area contributed by atoms with Crippen molar-refractivity contribution in [2.24, 2.45) is 5.92 Å². The summed E-state index contributed by atoms with van der Waals surface area (Å²) in [5, 5.41) is 17.8. The molecule has 94 valence electrons. The minimum atomic E-state index is -0.632. The van der Waals surface area contributed by atoms with Gasteiger partial charge in [0.2, 0.25) is 0 Å². The topological polar surface area (TPSA) is 46.0 Å². The van der Waals surface area contributed by atoms with E-state index in [1.165, 1.54) is 5.56 Å². The highest BCUT2D eigenvalue weighted by atomic mass is 16.3. The van der Waals surface area contributed by atoms with Crippen molar-refractivity contribution in [3.63, 3.8) is 0 Å². The molecule has 0 fully saturated rings. The van der Waals surface area contributed by atoms with Gasteiger partial charge in [-0.3, -0.25) is 0 Å². The lowest BCUT2D eigenvalue weighted by Crippen LogP contribution is -2.02. The van der Waals surface area contributed by atoms with Crippen LogP contribution in [0.4, 0.5) is 0 Å². The van der Waals surface area contributed by atoms with Crippen LogP contribution in [0.15, 0.2) is 42.7 Å². The molecular weight excluding hydrogens is 224 g/mol. The predicted octanol–water partition coefficient (Wildman–Crippen LogP) is 2.76. The highest BCUT2D eigenvalue weighted by Crippen LogP contribution is 2.22. The monoisotopic (exact) mass is 242 g/mol. The van der Waals surface area contributed by atoms with E-state index in [2.05, 4.69) is 36.2 Å². The highest BCUT2D eigenvalue weighted by molar-refractivity contribution is 5.31. The van der Waals surface area contributed by atoms with E-state index in [1.54, 1.807) is 18.5 Å². The first kappa shape index (κ1) is 12.7. The van der Waals surface area contributed by atoms with E-state index in [0.717, 1.165) is 17.5 Å². The molecule has 1 unspecified atom stereocenters. The molecule has 18 heavy (non-hydrogen) atoms. The Morgan fingerprint density at radius 1 is 1.11 bits per heavy atom. The van der Waals surface area contributed by atoms with Gasteiger partial charge in [-0.2, -0.15) is 10.2 Å². The Labute approximate surface area is 108 Å². The maximum absolute atomic E-state index is 10.3. The normalized spacial score (nSPS) is 12.7. The Morgan fingerprint density at radius 2 is 1.94 bits per heavy atom. The van der Waals surface area contributed by atoms with Crippen molar-refractivity contribution in [2.45, 2.75) is 26.4 Å². The average Bonchev–Trinajstić information content (AvgIpc) is 2.38. The number of rotatable bonds is 4. The zero-order valence-corrected chi connectivity index (χ0v) is 10.7. The van der Waals surface area contributed by atoms with Gasteiger partial charge in [-0.25, -0.2) is 0 Å². The number of aliphatic hydroxyl groups is 1. The maximum atomic E-state index is 10.3. The van der Waals surface area contributed by atoms with Crippen molar-refractivity contribution in [2.75, 3.05) is 0 Å². The molecule has 2 aromatic rings. The number of aliphatic hydroxyl groups excluding tert-OH is 1. The van der Waals surface area contributed by atoms with E-state index in [9.17, 15) is 5.11 Å². The van der Waals surface area contributed by atoms with Crippen molar-refractivity contribution < 1.29 is 5.11 Å². The lowest BCUT2D eigenvalue weighted by molar-refractivity contribution is 0.219. The Kier molecular flexibility index (Phi) is 4.05.